The summed E-state index contributed by atoms with van der Waals surface area (Å²) >= 11 is 0. The molecule has 2 aliphatic heterocycles. The second kappa shape index (κ2) is 9.62. The van der Waals surface area contributed by atoms with Gasteiger partial charge in [-0.15, -0.1) is 0 Å². The Kier molecular flexibility index (Phi) is 6.68. The Bertz CT molecular complexity index is 1030. The molecule has 4 rings (SSSR count). The molecule has 1 unspecified atom stereocenters. The maximum atomic E-state index is 12.9. The smallest absolute Gasteiger partial charge is 0.338 e. The summed E-state index contributed by atoms with van der Waals surface area (Å²) in [4.78, 5) is 44.6. The number of esters is 1. The molecule has 0 bridgehead atoms. The molecule has 7 nitrogen and oxygen atoms in total. The van der Waals surface area contributed by atoms with Crippen LogP contribution in [0, 0.1) is 0 Å². The van der Waals surface area contributed by atoms with Gasteiger partial charge in [-0.1, -0.05) is 19.8 Å². The van der Waals surface area contributed by atoms with Gasteiger partial charge < -0.3 is 9.64 Å². The number of aryl methyl sites for hydroxylation is 1. The Morgan fingerprint density at radius 2 is 1.90 bits per heavy atom. The molecule has 7 heteroatoms. The first kappa shape index (κ1) is 21.5. The summed E-state index contributed by atoms with van der Waals surface area (Å²) in [5, 5.41) is 0.510. The summed E-state index contributed by atoms with van der Waals surface area (Å²) in [6, 6.07) is 5.08. The van der Waals surface area contributed by atoms with E-state index >= 15 is 0 Å². The minimum Gasteiger partial charge on any atom is -0.452 e. The molecule has 0 N–H and O–H groups in total. The van der Waals surface area contributed by atoms with Crippen molar-refractivity contribution in [3.05, 3.63) is 39.9 Å². The minimum absolute atomic E-state index is 0.0484. The first-order valence-electron chi connectivity index (χ1n) is 11.6. The van der Waals surface area contributed by atoms with Crippen molar-refractivity contribution in [2.45, 2.75) is 77.3 Å². The summed E-state index contributed by atoms with van der Waals surface area (Å²) in [6.07, 6.45) is 9.08. The van der Waals surface area contributed by atoms with Crippen molar-refractivity contribution in [1.82, 2.24) is 14.5 Å². The van der Waals surface area contributed by atoms with E-state index in [0.717, 1.165) is 70.2 Å². The zero-order valence-corrected chi connectivity index (χ0v) is 18.3. The van der Waals surface area contributed by atoms with Gasteiger partial charge in [-0.05, 0) is 56.7 Å². The number of hydrogen-bond donors (Lipinski definition) is 0. The van der Waals surface area contributed by atoms with Crippen LogP contribution in [0.2, 0.25) is 0 Å². The van der Waals surface area contributed by atoms with Crippen LogP contribution in [0.3, 0.4) is 0 Å². The molecule has 2 aromatic rings. The Morgan fingerprint density at radius 3 is 2.74 bits per heavy atom. The van der Waals surface area contributed by atoms with Crippen LogP contribution in [0.5, 0.6) is 0 Å². The molecule has 0 radical (unpaired) electrons. The van der Waals surface area contributed by atoms with Crippen molar-refractivity contribution in [2.75, 3.05) is 13.2 Å². The van der Waals surface area contributed by atoms with Crippen LogP contribution < -0.4 is 5.56 Å². The number of hydrogen-bond acceptors (Lipinski definition) is 5. The summed E-state index contributed by atoms with van der Waals surface area (Å²) in [7, 11) is 0. The van der Waals surface area contributed by atoms with Crippen LogP contribution in [0.15, 0.2) is 23.0 Å². The Hall–Kier alpha value is -2.70. The summed E-state index contributed by atoms with van der Waals surface area (Å²) in [6.45, 7) is 3.24. The zero-order valence-electron chi connectivity index (χ0n) is 18.3. The number of carbonyl (C=O) groups is 2. The van der Waals surface area contributed by atoms with E-state index in [0.29, 0.717) is 23.0 Å². The molecule has 31 heavy (non-hydrogen) atoms. The highest BCUT2D eigenvalue weighted by Crippen LogP contribution is 2.20. The quantitative estimate of drug-likeness (QED) is 0.701. The van der Waals surface area contributed by atoms with Gasteiger partial charge >= 0.3 is 5.97 Å². The summed E-state index contributed by atoms with van der Waals surface area (Å²) in [5.41, 5.74) is 0.779. The average Bonchev–Trinajstić information content (AvgIpc) is 2.78. The Morgan fingerprint density at radius 1 is 1.10 bits per heavy atom. The van der Waals surface area contributed by atoms with Crippen LogP contribution in [0.4, 0.5) is 0 Å². The normalized spacial score (nSPS) is 19.4. The van der Waals surface area contributed by atoms with Crippen molar-refractivity contribution >= 4 is 22.8 Å². The lowest BCUT2D eigenvalue weighted by Gasteiger charge is -2.35. The number of carbonyl (C=O) groups excluding carboxylic acids is 2. The minimum atomic E-state index is -0.561. The standard InChI is InChI=1S/C24H31N3O4/c1-2-18-9-6-8-13-26(18)22(28)16-31-24(30)17-11-12-19-20(15-17)25-21-10-5-3-4-7-14-27(21)23(19)29/h11-12,15,18H,2-10,13-14,16H2,1H3. The largest absolute Gasteiger partial charge is 0.452 e. The number of amides is 1. The Balaban J connectivity index is 1.50. The van der Waals surface area contributed by atoms with E-state index in [-0.39, 0.29) is 24.1 Å². The molecule has 3 heterocycles. The summed E-state index contributed by atoms with van der Waals surface area (Å²) < 4.78 is 7.10. The molecule has 1 amide bonds. The van der Waals surface area contributed by atoms with Crippen LogP contribution in [-0.4, -0.2) is 45.5 Å². The fourth-order valence-electron chi connectivity index (χ4n) is 4.77. The van der Waals surface area contributed by atoms with Crippen molar-refractivity contribution in [1.29, 1.82) is 0 Å². The third-order valence-electron chi connectivity index (χ3n) is 6.55. The predicted octanol–water partition coefficient (Wildman–Crippen LogP) is 3.46. The first-order chi connectivity index (χ1) is 15.1. The summed E-state index contributed by atoms with van der Waals surface area (Å²) in [5.74, 6) is 0.0843. The molecular formula is C24H31N3O4. The van der Waals surface area contributed by atoms with E-state index in [1.54, 1.807) is 22.8 Å². The van der Waals surface area contributed by atoms with Crippen LogP contribution in [-0.2, 0) is 22.5 Å². The van der Waals surface area contributed by atoms with Crippen LogP contribution >= 0.6 is 0 Å². The van der Waals surface area contributed by atoms with Crippen molar-refractivity contribution in [3.8, 4) is 0 Å². The number of aromatic nitrogens is 2. The van der Waals surface area contributed by atoms with Gasteiger partial charge in [0.2, 0.25) is 0 Å². The highest BCUT2D eigenvalue weighted by Gasteiger charge is 2.26. The fourth-order valence-corrected chi connectivity index (χ4v) is 4.77. The molecule has 0 spiro atoms. The second-order valence-corrected chi connectivity index (χ2v) is 8.60. The maximum absolute atomic E-state index is 12.9. The number of benzene rings is 1. The molecule has 1 saturated heterocycles. The molecule has 1 aromatic carbocycles. The SMILES string of the molecule is CCC1CCCCN1C(=O)COC(=O)c1ccc2c(=O)n3c(nc2c1)CCCCCC3. The highest BCUT2D eigenvalue weighted by atomic mass is 16.5. The molecular weight excluding hydrogens is 394 g/mol. The van der Waals surface area contributed by atoms with Crippen molar-refractivity contribution in [2.24, 2.45) is 0 Å². The van der Waals surface area contributed by atoms with Crippen molar-refractivity contribution in [3.63, 3.8) is 0 Å². The zero-order chi connectivity index (χ0) is 21.8. The van der Waals surface area contributed by atoms with E-state index < -0.39 is 5.97 Å². The van der Waals surface area contributed by atoms with Gasteiger partial charge in [-0.3, -0.25) is 14.2 Å². The number of piperidine rings is 1. The van der Waals surface area contributed by atoms with E-state index in [4.69, 9.17) is 9.72 Å². The molecule has 0 saturated carbocycles. The maximum Gasteiger partial charge on any atom is 0.338 e. The number of ether oxygens (including phenoxy) is 1. The van der Waals surface area contributed by atoms with Gasteiger partial charge in [0.15, 0.2) is 6.61 Å². The first-order valence-corrected chi connectivity index (χ1v) is 11.6. The monoisotopic (exact) mass is 425 g/mol. The number of nitrogens with zero attached hydrogens (tertiary/aromatic N) is 3. The van der Waals surface area contributed by atoms with Gasteiger partial charge in [0.1, 0.15) is 5.82 Å². The average molecular weight is 426 g/mol. The molecule has 1 fully saturated rings. The van der Waals surface area contributed by atoms with Gasteiger partial charge in [-0.25, -0.2) is 9.78 Å². The van der Waals surface area contributed by atoms with E-state index in [9.17, 15) is 14.4 Å². The number of likely N-dealkylation sites (tertiary alicyclic amines) is 1. The second-order valence-electron chi connectivity index (χ2n) is 8.60. The molecule has 166 valence electrons. The molecule has 1 aromatic heterocycles. The van der Waals surface area contributed by atoms with Crippen molar-refractivity contribution < 1.29 is 14.3 Å². The van der Waals surface area contributed by atoms with Gasteiger partial charge in [0, 0.05) is 25.6 Å². The molecule has 2 aliphatic rings. The Labute approximate surface area is 182 Å². The van der Waals surface area contributed by atoms with Gasteiger partial charge in [-0.2, -0.15) is 0 Å². The lowest BCUT2D eigenvalue weighted by atomic mass is 10.00. The van der Waals surface area contributed by atoms with Crippen LogP contribution in [0.1, 0.15) is 74.5 Å². The van der Waals surface area contributed by atoms with E-state index in [1.807, 2.05) is 4.90 Å². The fraction of sp³-hybridized carbons (Fsp3) is 0.583. The lowest BCUT2D eigenvalue weighted by molar-refractivity contribution is -0.138. The van der Waals surface area contributed by atoms with Gasteiger partial charge in [0.05, 0.1) is 16.5 Å². The molecule has 1 atom stereocenters. The topological polar surface area (TPSA) is 81.5 Å². The van der Waals surface area contributed by atoms with Crippen LogP contribution in [0.25, 0.3) is 10.9 Å². The van der Waals surface area contributed by atoms with E-state index in [2.05, 4.69) is 6.92 Å². The number of rotatable bonds is 4. The highest BCUT2D eigenvalue weighted by molar-refractivity contribution is 5.95. The molecule has 0 aliphatic carbocycles. The lowest BCUT2D eigenvalue weighted by Crippen LogP contribution is -2.45. The third kappa shape index (κ3) is 4.65. The number of fused-ring (bicyclic) bond motifs is 2. The van der Waals surface area contributed by atoms with Gasteiger partial charge in [0.25, 0.3) is 11.5 Å². The predicted molar refractivity (Wildman–Crippen MR) is 118 cm³/mol. The third-order valence-corrected chi connectivity index (χ3v) is 6.55. The van der Waals surface area contributed by atoms with E-state index in [1.165, 1.54) is 0 Å².